The lowest BCUT2D eigenvalue weighted by Gasteiger charge is -2.26. The number of aromatic amines is 3. The van der Waals surface area contributed by atoms with Gasteiger partial charge in [-0.1, -0.05) is 13.8 Å². The zero-order valence-electron chi connectivity index (χ0n) is 27.3. The predicted molar refractivity (Wildman–Crippen MR) is 177 cm³/mol. The first-order valence-electron chi connectivity index (χ1n) is 15.8. The average Bonchev–Trinajstić information content (AvgIpc) is 3.78. The Kier molecular flexibility index (Phi) is 8.00. The number of esters is 2. The molecule has 0 radical (unpaired) electrons. The smallest absolute Gasteiger partial charge is 0.320 e. The Labute approximate surface area is 266 Å². The van der Waals surface area contributed by atoms with Crippen molar-refractivity contribution in [2.24, 2.45) is 17.8 Å². The van der Waals surface area contributed by atoms with Crippen molar-refractivity contribution in [3.63, 3.8) is 0 Å². The summed E-state index contributed by atoms with van der Waals surface area (Å²) in [6, 6.07) is -0.402. The number of nitrogens with one attached hydrogen (secondary N) is 4. The second-order valence-electron chi connectivity index (χ2n) is 12.5. The molecule has 3 aromatic heterocycles. The molecule has 8 bridgehead atoms. The number of hydrogen-bond donors (Lipinski definition) is 6. The molecule has 5 heterocycles. The number of carbonyl (C=O) groups excluding carboxylic acids is 2. The summed E-state index contributed by atoms with van der Waals surface area (Å²) in [6.07, 6.45) is 10.5. The molecule has 242 valence electrons. The molecule has 1 saturated heterocycles. The number of allylic oxidation sites excluding steroid dienone is 1. The maximum atomic E-state index is 13.4. The van der Waals surface area contributed by atoms with Gasteiger partial charge in [-0.15, -0.1) is 0 Å². The highest BCUT2D eigenvalue weighted by Crippen LogP contribution is 2.42. The summed E-state index contributed by atoms with van der Waals surface area (Å²) >= 11 is 0. The third kappa shape index (κ3) is 4.78. The van der Waals surface area contributed by atoms with Crippen LogP contribution in [0.1, 0.15) is 71.6 Å². The van der Waals surface area contributed by atoms with Gasteiger partial charge in [0.15, 0.2) is 0 Å². The summed E-state index contributed by atoms with van der Waals surface area (Å²) in [4.78, 5) is 36.5. The third-order valence-corrected chi connectivity index (χ3v) is 10.3. The largest absolute Gasteiger partial charge is 0.516 e. The van der Waals surface area contributed by atoms with E-state index in [2.05, 4.69) is 59.3 Å². The van der Waals surface area contributed by atoms with Crippen molar-refractivity contribution in [1.82, 2.24) is 20.3 Å². The maximum absolute atomic E-state index is 13.4. The highest BCUT2D eigenvalue weighted by molar-refractivity contribution is 5.95. The van der Waals surface area contributed by atoms with Gasteiger partial charge in [-0.3, -0.25) is 9.59 Å². The van der Waals surface area contributed by atoms with Crippen molar-refractivity contribution in [3.05, 3.63) is 78.1 Å². The minimum Gasteiger partial charge on any atom is -0.516 e. The van der Waals surface area contributed by atoms with Crippen LogP contribution in [0.15, 0.2) is 12.0 Å². The van der Waals surface area contributed by atoms with E-state index >= 15 is 0 Å². The summed E-state index contributed by atoms with van der Waals surface area (Å²) in [5.74, 6) is -2.05. The monoisotopic (exact) mass is 626 g/mol. The average molecular weight is 627 g/mol. The van der Waals surface area contributed by atoms with Gasteiger partial charge < -0.3 is 40.0 Å². The maximum Gasteiger partial charge on any atom is 0.320 e. The van der Waals surface area contributed by atoms with Crippen LogP contribution in [0.4, 0.5) is 0 Å². The summed E-state index contributed by atoms with van der Waals surface area (Å²) in [5.41, 5.74) is 9.10. The summed E-state index contributed by atoms with van der Waals surface area (Å²) < 4.78 is 10.2. The molecule has 0 spiro atoms. The molecule has 1 fully saturated rings. The number of hydrogen-bond acceptors (Lipinski definition) is 7. The molecule has 1 aliphatic carbocycles. The molecule has 10 heteroatoms. The summed E-state index contributed by atoms with van der Waals surface area (Å²) in [5, 5.41) is 28.4. The number of carbonyl (C=O) groups is 2. The number of aromatic nitrogens is 3. The first-order chi connectivity index (χ1) is 22.0. The van der Waals surface area contributed by atoms with Crippen LogP contribution >= 0.6 is 0 Å². The van der Waals surface area contributed by atoms with E-state index in [-0.39, 0.29) is 30.0 Å². The van der Waals surface area contributed by atoms with Gasteiger partial charge in [0.2, 0.25) is 0 Å². The number of fused-ring (bicyclic) bond motifs is 8. The SMILES string of the molecule is CCc1c(C)/c2[nH]/c1=C\c1[nH]c3c(c1C)=C(O)[C@H](C(=O)OC)C=3C1N/C(=C\c3[nH]c(c(/C=C\O)c3C)\C=2)[C@@H](C)[C@@H]1CCC(=O)OC. The number of aliphatic hydroxyl groups excluding tert-OH is 2. The van der Waals surface area contributed by atoms with Gasteiger partial charge in [0.25, 0.3) is 0 Å². The summed E-state index contributed by atoms with van der Waals surface area (Å²) in [6.45, 7) is 10.3. The molecule has 2 aliphatic heterocycles. The quantitative estimate of drug-likeness (QED) is 0.182. The number of aliphatic hydroxyl groups is 2. The van der Waals surface area contributed by atoms with E-state index in [1.165, 1.54) is 14.2 Å². The van der Waals surface area contributed by atoms with E-state index in [1.54, 1.807) is 6.08 Å². The standard InChI is InChI=1S/C36H42N4O6/c1-8-20-16(2)24-14-28-21(11-12-41)17(3)23(38-28)13-25-18(4)22(9-10-29(42)45-6)33(39-25)31-32(36(44)46-7)35(43)30-19(5)26(40-34(30)31)15-27(20)37-24/h11-15,18,22,32-33,37-41,43H,8-10H2,1-7H3/b12-11-,24-14-,25-13-,27-15-/t18-,22-,32+,33?/m0/s1. The fraction of sp³-hybridized carbons (Fsp3) is 0.389. The molecule has 3 aliphatic rings. The van der Waals surface area contributed by atoms with Gasteiger partial charge in [-0.25, -0.2) is 0 Å². The van der Waals surface area contributed by atoms with Gasteiger partial charge in [0.1, 0.15) is 11.7 Å². The van der Waals surface area contributed by atoms with Crippen molar-refractivity contribution in [2.75, 3.05) is 14.2 Å². The minimum atomic E-state index is -0.997. The number of H-pyrrole nitrogens is 3. The van der Waals surface area contributed by atoms with E-state index in [0.717, 1.165) is 74.0 Å². The van der Waals surface area contributed by atoms with Crippen molar-refractivity contribution in [1.29, 1.82) is 0 Å². The Balaban J connectivity index is 1.72. The predicted octanol–water partition coefficient (Wildman–Crippen LogP) is 2.50. The molecule has 46 heavy (non-hydrogen) atoms. The first kappa shape index (κ1) is 31.1. The number of ether oxygens (including phenoxy) is 2. The zero-order chi connectivity index (χ0) is 33.0. The molecule has 0 saturated carbocycles. The third-order valence-electron chi connectivity index (χ3n) is 10.3. The highest BCUT2D eigenvalue weighted by Gasteiger charge is 2.46. The van der Waals surface area contributed by atoms with Gasteiger partial charge in [0.05, 0.1) is 31.9 Å². The van der Waals surface area contributed by atoms with Crippen LogP contribution in [-0.4, -0.2) is 57.4 Å². The normalized spacial score (nSPS) is 24.2. The molecule has 0 aromatic carbocycles. The number of rotatable bonds is 6. The van der Waals surface area contributed by atoms with E-state index < -0.39 is 17.9 Å². The Bertz CT molecular complexity index is 2070. The van der Waals surface area contributed by atoms with Gasteiger partial charge in [-0.2, -0.15) is 0 Å². The Hall–Kier alpha value is -4.86. The Morgan fingerprint density at radius 3 is 2.33 bits per heavy atom. The second-order valence-corrected chi connectivity index (χ2v) is 12.5. The van der Waals surface area contributed by atoms with Gasteiger partial charge in [-0.05, 0) is 91.7 Å². The summed E-state index contributed by atoms with van der Waals surface area (Å²) in [7, 11) is 2.71. The first-order valence-corrected chi connectivity index (χ1v) is 15.8. The number of methoxy groups -OCH3 is 2. The van der Waals surface area contributed by atoms with Crippen LogP contribution < -0.4 is 26.6 Å². The minimum absolute atomic E-state index is 0.0392. The van der Waals surface area contributed by atoms with Crippen LogP contribution in [0.5, 0.6) is 0 Å². The van der Waals surface area contributed by atoms with Crippen LogP contribution in [-0.2, 0) is 25.5 Å². The Morgan fingerprint density at radius 1 is 0.935 bits per heavy atom. The van der Waals surface area contributed by atoms with Crippen LogP contribution in [0, 0.1) is 38.5 Å². The van der Waals surface area contributed by atoms with Crippen molar-refractivity contribution in [2.45, 2.75) is 59.9 Å². The fourth-order valence-electron chi connectivity index (χ4n) is 7.69. The van der Waals surface area contributed by atoms with Gasteiger partial charge in [0, 0.05) is 56.6 Å². The Morgan fingerprint density at radius 2 is 1.65 bits per heavy atom. The van der Waals surface area contributed by atoms with E-state index in [4.69, 9.17) is 9.47 Å². The molecule has 6 N–H and O–H groups in total. The zero-order valence-corrected chi connectivity index (χ0v) is 27.3. The molecule has 6 rings (SSSR count). The van der Waals surface area contributed by atoms with Crippen LogP contribution in [0.3, 0.4) is 0 Å². The molecule has 10 nitrogen and oxygen atoms in total. The van der Waals surface area contributed by atoms with Gasteiger partial charge >= 0.3 is 11.9 Å². The van der Waals surface area contributed by atoms with E-state index in [1.807, 2.05) is 13.8 Å². The lowest BCUT2D eigenvalue weighted by Crippen LogP contribution is -2.38. The van der Waals surface area contributed by atoms with Crippen LogP contribution in [0.2, 0.25) is 0 Å². The lowest BCUT2D eigenvalue weighted by atomic mass is 9.80. The van der Waals surface area contributed by atoms with Crippen molar-refractivity contribution < 1.29 is 29.3 Å². The van der Waals surface area contributed by atoms with Crippen LogP contribution in [0.25, 0.3) is 35.6 Å². The van der Waals surface area contributed by atoms with Crippen molar-refractivity contribution >= 4 is 47.6 Å². The van der Waals surface area contributed by atoms with Crippen molar-refractivity contribution in [3.8, 4) is 0 Å². The lowest BCUT2D eigenvalue weighted by molar-refractivity contribution is -0.142. The molecular formula is C36H42N4O6. The van der Waals surface area contributed by atoms with E-state index in [9.17, 15) is 19.8 Å². The molecule has 1 unspecified atom stereocenters. The molecular weight excluding hydrogens is 584 g/mol. The molecule has 3 aromatic rings. The highest BCUT2D eigenvalue weighted by atomic mass is 16.5. The fourth-order valence-corrected chi connectivity index (χ4v) is 7.69. The van der Waals surface area contributed by atoms with E-state index in [0.29, 0.717) is 22.6 Å². The second kappa shape index (κ2) is 11.8. The molecule has 0 amide bonds. The topological polar surface area (TPSA) is 152 Å². The molecule has 4 atom stereocenters.